The smallest absolute Gasteiger partial charge is 0.350 e. The van der Waals surface area contributed by atoms with Gasteiger partial charge in [0.1, 0.15) is 0 Å². The van der Waals surface area contributed by atoms with Crippen LogP contribution >= 0.6 is 12.4 Å². The minimum absolute atomic E-state index is 0. The number of carbonyl (C=O) groups excluding carboxylic acids is 1. The lowest BCUT2D eigenvalue weighted by molar-refractivity contribution is -0.138. The number of carbonyl (C=O) groups is 1. The lowest BCUT2D eigenvalue weighted by Gasteiger charge is -2.27. The van der Waals surface area contributed by atoms with Crippen LogP contribution in [0.25, 0.3) is 0 Å². The Morgan fingerprint density at radius 3 is 2.59 bits per heavy atom. The molecule has 22 heavy (non-hydrogen) atoms. The van der Waals surface area contributed by atoms with Crippen molar-refractivity contribution in [2.75, 3.05) is 6.54 Å². The molecule has 0 saturated carbocycles. The first-order valence-electron chi connectivity index (χ1n) is 7.07. The van der Waals surface area contributed by atoms with Gasteiger partial charge in [-0.2, -0.15) is 13.2 Å². The van der Waals surface area contributed by atoms with Crippen molar-refractivity contribution < 1.29 is 18.0 Å². The molecular formula is C15H20ClF3N2O. The highest BCUT2D eigenvalue weighted by atomic mass is 35.5. The number of rotatable bonds is 4. The van der Waals surface area contributed by atoms with Gasteiger partial charge >= 0.3 is 6.18 Å². The van der Waals surface area contributed by atoms with E-state index >= 15 is 0 Å². The average molecular weight is 337 g/mol. The van der Waals surface area contributed by atoms with Gasteiger partial charge in [0.25, 0.3) is 0 Å². The van der Waals surface area contributed by atoms with Gasteiger partial charge in [-0.05, 0) is 37.4 Å². The summed E-state index contributed by atoms with van der Waals surface area (Å²) in [6.07, 6.45) is -2.16. The van der Waals surface area contributed by atoms with E-state index in [0.717, 1.165) is 25.5 Å². The molecule has 2 N–H and O–H groups in total. The van der Waals surface area contributed by atoms with Crippen molar-refractivity contribution in [2.24, 2.45) is 0 Å². The van der Waals surface area contributed by atoms with E-state index in [1.807, 2.05) is 6.92 Å². The van der Waals surface area contributed by atoms with Crippen molar-refractivity contribution >= 4 is 18.3 Å². The maximum atomic E-state index is 12.9. The van der Waals surface area contributed by atoms with Crippen LogP contribution in [-0.2, 0) is 17.5 Å². The monoisotopic (exact) mass is 336 g/mol. The summed E-state index contributed by atoms with van der Waals surface area (Å²) in [6, 6.07) is 5.31. The summed E-state index contributed by atoms with van der Waals surface area (Å²) < 4.78 is 38.7. The van der Waals surface area contributed by atoms with Gasteiger partial charge in [0.05, 0.1) is 11.1 Å². The van der Waals surface area contributed by atoms with Gasteiger partial charge in [-0.1, -0.05) is 25.1 Å². The number of halogens is 4. The van der Waals surface area contributed by atoms with Crippen LogP contribution in [0.4, 0.5) is 13.2 Å². The molecule has 1 heterocycles. The second-order valence-electron chi connectivity index (χ2n) is 5.30. The Hall–Kier alpha value is -1.27. The van der Waals surface area contributed by atoms with Crippen molar-refractivity contribution in [3.63, 3.8) is 0 Å². The highest BCUT2D eigenvalue weighted by Crippen LogP contribution is 2.32. The molecule has 0 spiro atoms. The fourth-order valence-electron chi connectivity index (χ4n) is 2.76. The SMILES string of the molecule is CCC1(C(=O)NCc2ccccc2C(F)(F)F)CCCN1.Cl. The van der Waals surface area contributed by atoms with E-state index in [1.165, 1.54) is 12.1 Å². The zero-order valence-corrected chi connectivity index (χ0v) is 13.1. The molecule has 1 amide bonds. The normalized spacial score (nSPS) is 21.3. The Labute approximate surface area is 134 Å². The van der Waals surface area contributed by atoms with Crippen LogP contribution in [-0.4, -0.2) is 18.0 Å². The third-order valence-corrected chi connectivity index (χ3v) is 4.04. The van der Waals surface area contributed by atoms with Gasteiger partial charge in [0.15, 0.2) is 0 Å². The first-order valence-corrected chi connectivity index (χ1v) is 7.07. The van der Waals surface area contributed by atoms with Gasteiger partial charge in [-0.3, -0.25) is 4.79 Å². The molecule has 3 nitrogen and oxygen atoms in total. The molecule has 0 radical (unpaired) electrons. The second kappa shape index (κ2) is 7.33. The lowest BCUT2D eigenvalue weighted by Crippen LogP contribution is -2.52. The average Bonchev–Trinajstić information content (AvgIpc) is 2.94. The minimum Gasteiger partial charge on any atom is -0.350 e. The Bertz CT molecular complexity index is 514. The number of benzene rings is 1. The van der Waals surface area contributed by atoms with Crippen molar-refractivity contribution in [3.8, 4) is 0 Å². The van der Waals surface area contributed by atoms with Crippen molar-refractivity contribution in [3.05, 3.63) is 35.4 Å². The highest BCUT2D eigenvalue weighted by Gasteiger charge is 2.39. The van der Waals surface area contributed by atoms with E-state index in [9.17, 15) is 18.0 Å². The van der Waals surface area contributed by atoms with E-state index in [0.29, 0.717) is 6.42 Å². The topological polar surface area (TPSA) is 41.1 Å². The zero-order chi connectivity index (χ0) is 15.5. The summed E-state index contributed by atoms with van der Waals surface area (Å²) in [4.78, 5) is 12.3. The van der Waals surface area contributed by atoms with Gasteiger partial charge in [-0.15, -0.1) is 12.4 Å². The molecule has 1 aliphatic heterocycles. The maximum Gasteiger partial charge on any atom is 0.416 e. The number of hydrogen-bond acceptors (Lipinski definition) is 2. The molecular weight excluding hydrogens is 317 g/mol. The molecule has 2 rings (SSSR count). The van der Waals surface area contributed by atoms with Crippen LogP contribution in [0.3, 0.4) is 0 Å². The molecule has 0 aromatic heterocycles. The molecule has 1 aliphatic rings. The summed E-state index contributed by atoms with van der Waals surface area (Å²) in [7, 11) is 0. The fraction of sp³-hybridized carbons (Fsp3) is 0.533. The zero-order valence-electron chi connectivity index (χ0n) is 12.3. The number of amides is 1. The second-order valence-corrected chi connectivity index (χ2v) is 5.30. The third-order valence-electron chi connectivity index (χ3n) is 4.04. The number of alkyl halides is 3. The first kappa shape index (κ1) is 18.8. The van der Waals surface area contributed by atoms with E-state index in [2.05, 4.69) is 10.6 Å². The Kier molecular flexibility index (Phi) is 6.26. The van der Waals surface area contributed by atoms with Gasteiger partial charge in [0.2, 0.25) is 5.91 Å². The van der Waals surface area contributed by atoms with Gasteiger partial charge < -0.3 is 10.6 Å². The molecule has 1 atom stereocenters. The predicted octanol–water partition coefficient (Wildman–Crippen LogP) is 3.28. The van der Waals surface area contributed by atoms with Gasteiger partial charge in [-0.25, -0.2) is 0 Å². The van der Waals surface area contributed by atoms with Crippen LogP contribution < -0.4 is 10.6 Å². The molecule has 1 aromatic carbocycles. The van der Waals surface area contributed by atoms with Crippen molar-refractivity contribution in [1.29, 1.82) is 0 Å². The lowest BCUT2D eigenvalue weighted by atomic mass is 9.93. The van der Waals surface area contributed by atoms with Gasteiger partial charge in [0, 0.05) is 6.54 Å². The summed E-state index contributed by atoms with van der Waals surface area (Å²) in [5.74, 6) is -0.223. The van der Waals surface area contributed by atoms with Crippen LogP contribution in [0.2, 0.25) is 0 Å². The molecule has 124 valence electrons. The largest absolute Gasteiger partial charge is 0.416 e. The van der Waals surface area contributed by atoms with E-state index < -0.39 is 17.3 Å². The van der Waals surface area contributed by atoms with Crippen LogP contribution in [0.1, 0.15) is 37.3 Å². The van der Waals surface area contributed by atoms with E-state index in [-0.39, 0.29) is 30.4 Å². The van der Waals surface area contributed by atoms with E-state index in [1.54, 1.807) is 6.07 Å². The fourth-order valence-corrected chi connectivity index (χ4v) is 2.76. The minimum atomic E-state index is -4.41. The van der Waals surface area contributed by atoms with Crippen molar-refractivity contribution in [2.45, 2.75) is 44.4 Å². The van der Waals surface area contributed by atoms with Crippen molar-refractivity contribution in [1.82, 2.24) is 10.6 Å². The maximum absolute atomic E-state index is 12.9. The van der Waals surface area contributed by atoms with Crippen LogP contribution in [0.15, 0.2) is 24.3 Å². The first-order chi connectivity index (χ1) is 9.89. The van der Waals surface area contributed by atoms with Crippen LogP contribution in [0.5, 0.6) is 0 Å². The quantitative estimate of drug-likeness (QED) is 0.886. The van der Waals surface area contributed by atoms with E-state index in [4.69, 9.17) is 0 Å². The predicted molar refractivity (Wildman–Crippen MR) is 80.8 cm³/mol. The molecule has 1 aromatic rings. The third kappa shape index (κ3) is 3.93. The molecule has 0 aliphatic carbocycles. The molecule has 1 saturated heterocycles. The standard InChI is InChI=1S/C15H19F3N2O.ClH/c1-2-14(8-5-9-20-14)13(21)19-10-11-6-3-4-7-12(11)15(16,17)18;/h3-4,6-7,20H,2,5,8-10H2,1H3,(H,19,21);1H. The number of nitrogens with one attached hydrogen (secondary N) is 2. The van der Waals surface area contributed by atoms with Crippen LogP contribution in [0, 0.1) is 0 Å². The summed E-state index contributed by atoms with van der Waals surface area (Å²) in [5.41, 5.74) is -1.24. The molecule has 1 unspecified atom stereocenters. The summed E-state index contributed by atoms with van der Waals surface area (Å²) in [5, 5.41) is 5.81. The highest BCUT2D eigenvalue weighted by molar-refractivity contribution is 5.86. The Morgan fingerprint density at radius 2 is 2.05 bits per heavy atom. The Morgan fingerprint density at radius 1 is 1.36 bits per heavy atom. The molecule has 1 fully saturated rings. The summed E-state index contributed by atoms with van der Waals surface area (Å²) >= 11 is 0. The summed E-state index contributed by atoms with van der Waals surface area (Å²) in [6.45, 7) is 2.56. The number of hydrogen-bond donors (Lipinski definition) is 2. The Balaban J connectivity index is 0.00000242. The molecule has 7 heteroatoms. The molecule has 0 bridgehead atoms.